The van der Waals surface area contributed by atoms with Crippen molar-refractivity contribution >= 4 is 28.6 Å². The number of aromatic nitrogens is 3. The first kappa shape index (κ1) is 30.7. The summed E-state index contributed by atoms with van der Waals surface area (Å²) in [7, 11) is 0. The molecule has 6 rings (SSSR count). The highest BCUT2D eigenvalue weighted by Crippen LogP contribution is 2.46. The van der Waals surface area contributed by atoms with Gasteiger partial charge in [0, 0.05) is 23.0 Å². The van der Waals surface area contributed by atoms with Crippen molar-refractivity contribution in [2.24, 2.45) is 4.99 Å². The second-order valence-corrected chi connectivity index (χ2v) is 12.7. The van der Waals surface area contributed by atoms with Crippen LogP contribution in [0.1, 0.15) is 57.1 Å². The van der Waals surface area contributed by atoms with Crippen molar-refractivity contribution in [3.05, 3.63) is 90.3 Å². The molecule has 45 heavy (non-hydrogen) atoms. The van der Waals surface area contributed by atoms with Gasteiger partial charge in [-0.1, -0.05) is 68.1 Å². The van der Waals surface area contributed by atoms with Gasteiger partial charge in [-0.25, -0.2) is 14.5 Å². The van der Waals surface area contributed by atoms with Crippen molar-refractivity contribution in [2.45, 2.75) is 63.9 Å². The average Bonchev–Trinajstić information content (AvgIpc) is 3.61. The first-order valence-electron chi connectivity index (χ1n) is 14.8. The van der Waals surface area contributed by atoms with E-state index in [1.54, 1.807) is 11.8 Å². The number of anilines is 1. The second kappa shape index (κ2) is 12.2. The molecule has 2 fully saturated rings. The van der Waals surface area contributed by atoms with Gasteiger partial charge in [0.1, 0.15) is 12.1 Å². The average molecular weight is 635 g/mol. The summed E-state index contributed by atoms with van der Waals surface area (Å²) in [6, 6.07) is 21.3. The van der Waals surface area contributed by atoms with Gasteiger partial charge >= 0.3 is 12.4 Å². The minimum Gasteiger partial charge on any atom is -0.406 e. The Morgan fingerprint density at radius 2 is 1.78 bits per heavy atom. The van der Waals surface area contributed by atoms with E-state index >= 15 is 0 Å². The standard InChI is InChI=1S/C33H33F3N6O2S/c1-21(2)27-6-4-5-7-28(27)42-22(3)16-19-45-31(42)38-30(43)39-32(17-18-32)24-10-8-23(9-11-24)29-37-20-41(40-29)25-12-14-26(15-13-25)44-33(34,35)36/h4-15,20-22H,16-19H2,1-3H3,(H,39,43)/b38-31-. The van der Waals surface area contributed by atoms with E-state index in [1.807, 2.05) is 36.4 Å². The predicted octanol–water partition coefficient (Wildman–Crippen LogP) is 8.04. The van der Waals surface area contributed by atoms with Gasteiger partial charge in [-0.15, -0.1) is 18.3 Å². The third kappa shape index (κ3) is 6.85. The zero-order chi connectivity index (χ0) is 31.8. The summed E-state index contributed by atoms with van der Waals surface area (Å²) in [6.45, 7) is 6.52. The summed E-state index contributed by atoms with van der Waals surface area (Å²) in [5.74, 6) is 1.39. The summed E-state index contributed by atoms with van der Waals surface area (Å²) in [5, 5.41) is 8.37. The Hall–Kier alpha value is -4.32. The van der Waals surface area contributed by atoms with Crippen molar-refractivity contribution in [3.63, 3.8) is 0 Å². The molecule has 4 aromatic rings. The van der Waals surface area contributed by atoms with Gasteiger partial charge in [-0.05, 0) is 73.6 Å². The Morgan fingerprint density at radius 3 is 2.44 bits per heavy atom. The Labute approximate surface area is 263 Å². The number of halogens is 3. The van der Waals surface area contributed by atoms with Gasteiger partial charge in [0.15, 0.2) is 11.0 Å². The van der Waals surface area contributed by atoms with Crippen LogP contribution in [-0.4, -0.2) is 44.1 Å². The first-order valence-corrected chi connectivity index (χ1v) is 15.8. The molecule has 1 aliphatic carbocycles. The molecule has 1 unspecified atom stereocenters. The fourth-order valence-electron chi connectivity index (χ4n) is 5.52. The number of thioether (sulfide) groups is 1. The molecular formula is C33H33F3N6O2S. The molecule has 1 aliphatic heterocycles. The number of alkyl halides is 3. The highest BCUT2D eigenvalue weighted by atomic mass is 32.2. The zero-order valence-electron chi connectivity index (χ0n) is 25.1. The Bertz CT molecular complexity index is 1700. The molecule has 1 atom stereocenters. The minimum absolute atomic E-state index is 0.222. The molecule has 1 N–H and O–H groups in total. The van der Waals surface area contributed by atoms with Gasteiger partial charge in [0.25, 0.3) is 0 Å². The van der Waals surface area contributed by atoms with Crippen LogP contribution >= 0.6 is 11.8 Å². The Morgan fingerprint density at radius 1 is 1.07 bits per heavy atom. The van der Waals surface area contributed by atoms with Gasteiger partial charge in [0.05, 0.1) is 11.2 Å². The number of carbonyl (C=O) groups excluding carboxylic acids is 1. The molecule has 12 heteroatoms. The second-order valence-electron chi connectivity index (χ2n) is 11.6. The van der Waals surface area contributed by atoms with Crippen molar-refractivity contribution in [1.82, 2.24) is 20.1 Å². The van der Waals surface area contributed by atoms with Crippen LogP contribution in [0.5, 0.6) is 5.75 Å². The molecule has 1 saturated heterocycles. The largest absolute Gasteiger partial charge is 0.573 e. The number of rotatable bonds is 7. The molecule has 234 valence electrons. The van der Waals surface area contributed by atoms with Gasteiger partial charge in [-0.3, -0.25) is 0 Å². The first-order chi connectivity index (χ1) is 21.5. The van der Waals surface area contributed by atoms with E-state index < -0.39 is 11.9 Å². The Balaban J connectivity index is 1.15. The minimum atomic E-state index is -4.75. The van der Waals surface area contributed by atoms with Crippen LogP contribution in [0.3, 0.4) is 0 Å². The number of para-hydroxylation sites is 1. The number of aliphatic imine (C=N–C) groups is 1. The van der Waals surface area contributed by atoms with Gasteiger partial charge in [-0.2, -0.15) is 4.99 Å². The summed E-state index contributed by atoms with van der Waals surface area (Å²) in [6.07, 6.45) is -0.624. The lowest BCUT2D eigenvalue weighted by Gasteiger charge is -2.37. The number of amidine groups is 1. The van der Waals surface area contributed by atoms with E-state index in [9.17, 15) is 18.0 Å². The smallest absolute Gasteiger partial charge is 0.406 e. The molecule has 0 bridgehead atoms. The maximum Gasteiger partial charge on any atom is 0.573 e. The molecule has 0 spiro atoms. The molecule has 2 heterocycles. The van der Waals surface area contributed by atoms with Gasteiger partial charge < -0.3 is 15.0 Å². The highest BCUT2D eigenvalue weighted by Gasteiger charge is 2.46. The van der Waals surface area contributed by atoms with Crippen molar-refractivity contribution in [2.75, 3.05) is 10.7 Å². The monoisotopic (exact) mass is 634 g/mol. The quantitative estimate of drug-likeness (QED) is 0.222. The molecule has 0 radical (unpaired) electrons. The topological polar surface area (TPSA) is 84.6 Å². The highest BCUT2D eigenvalue weighted by molar-refractivity contribution is 8.14. The van der Waals surface area contributed by atoms with E-state index in [1.165, 1.54) is 40.8 Å². The van der Waals surface area contributed by atoms with Crippen LogP contribution in [0.15, 0.2) is 84.1 Å². The van der Waals surface area contributed by atoms with Crippen LogP contribution in [0.25, 0.3) is 17.1 Å². The van der Waals surface area contributed by atoms with E-state index in [0.717, 1.165) is 47.0 Å². The lowest BCUT2D eigenvalue weighted by atomic mass is 9.99. The number of hydrogen-bond acceptors (Lipinski definition) is 5. The number of nitrogens with one attached hydrogen (secondary N) is 1. The maximum absolute atomic E-state index is 13.3. The van der Waals surface area contributed by atoms with Crippen LogP contribution in [-0.2, 0) is 5.54 Å². The zero-order valence-corrected chi connectivity index (χ0v) is 25.9. The number of carbonyl (C=O) groups is 1. The van der Waals surface area contributed by atoms with Crippen molar-refractivity contribution in [3.8, 4) is 22.8 Å². The van der Waals surface area contributed by atoms with Crippen molar-refractivity contribution in [1.29, 1.82) is 0 Å². The third-order valence-electron chi connectivity index (χ3n) is 8.05. The SMILES string of the molecule is CC(C)c1ccccc1N1/C(=N/C(=O)NC2(c3ccc(-c4ncn(-c5ccc(OC(F)(F)F)cc5)n4)cc3)CC2)SCCC1C. The number of amides is 2. The lowest BCUT2D eigenvalue weighted by molar-refractivity contribution is -0.274. The number of hydrogen-bond donors (Lipinski definition) is 1. The molecule has 3 aromatic carbocycles. The van der Waals surface area contributed by atoms with Crippen molar-refractivity contribution < 1.29 is 22.7 Å². The third-order valence-corrected chi connectivity index (χ3v) is 9.03. The van der Waals surface area contributed by atoms with E-state index in [-0.39, 0.29) is 17.8 Å². The number of nitrogens with zero attached hydrogens (tertiary/aromatic N) is 5. The summed E-state index contributed by atoms with van der Waals surface area (Å²) >= 11 is 1.61. The maximum atomic E-state index is 13.3. The lowest BCUT2D eigenvalue weighted by Crippen LogP contribution is -2.43. The molecule has 2 amide bonds. The van der Waals surface area contributed by atoms with Crippen LogP contribution in [0.4, 0.5) is 23.7 Å². The summed E-state index contributed by atoms with van der Waals surface area (Å²) in [4.78, 5) is 24.5. The normalized spacial score (nSPS) is 18.7. The molecule has 8 nitrogen and oxygen atoms in total. The van der Waals surface area contributed by atoms with Crippen LogP contribution < -0.4 is 15.0 Å². The number of urea groups is 1. The van der Waals surface area contributed by atoms with E-state index in [4.69, 9.17) is 0 Å². The van der Waals surface area contributed by atoms with Crippen LogP contribution in [0.2, 0.25) is 0 Å². The summed E-state index contributed by atoms with van der Waals surface area (Å²) < 4.78 is 42.8. The molecule has 2 aliphatic rings. The molecule has 1 saturated carbocycles. The predicted molar refractivity (Wildman–Crippen MR) is 170 cm³/mol. The Kier molecular flexibility index (Phi) is 8.34. The van der Waals surface area contributed by atoms with E-state index in [2.05, 4.69) is 62.9 Å². The molecular weight excluding hydrogens is 601 g/mol. The number of ether oxygens (including phenoxy) is 1. The fraction of sp³-hybridized carbons (Fsp3) is 0.333. The van der Waals surface area contributed by atoms with E-state index in [0.29, 0.717) is 17.4 Å². The van der Waals surface area contributed by atoms with Gasteiger partial charge in [0.2, 0.25) is 0 Å². The number of benzene rings is 3. The summed E-state index contributed by atoms with van der Waals surface area (Å²) in [5.41, 5.74) is 4.14. The van der Waals surface area contributed by atoms with Crippen LogP contribution in [0, 0.1) is 0 Å². The fourth-order valence-corrected chi connectivity index (χ4v) is 6.73. The molecule has 1 aromatic heterocycles.